The lowest BCUT2D eigenvalue weighted by atomic mass is 10.1. The van der Waals surface area contributed by atoms with Gasteiger partial charge in [0.25, 0.3) is 5.91 Å². The van der Waals surface area contributed by atoms with Crippen molar-refractivity contribution in [3.63, 3.8) is 0 Å². The largest absolute Gasteiger partial charge is 0.480 e. The predicted molar refractivity (Wildman–Crippen MR) is 78.8 cm³/mol. The van der Waals surface area contributed by atoms with E-state index < -0.39 is 11.9 Å². The zero-order chi connectivity index (χ0) is 16.0. The van der Waals surface area contributed by atoms with Crippen molar-refractivity contribution >= 4 is 23.5 Å². The standard InChI is InChI=1S/C14H19ClN2O4/c1-4-21-13-11(15)5-10(6-16-13)14(20)17(7-9(2)3)8-12(18)19/h5-6,9H,4,7-8H2,1-3H3,(H,18,19). The van der Waals surface area contributed by atoms with Crippen molar-refractivity contribution in [1.29, 1.82) is 0 Å². The van der Waals surface area contributed by atoms with E-state index in [1.807, 2.05) is 13.8 Å². The fourth-order valence-corrected chi connectivity index (χ4v) is 2.01. The van der Waals surface area contributed by atoms with Crippen LogP contribution in [-0.2, 0) is 4.79 Å². The van der Waals surface area contributed by atoms with Gasteiger partial charge in [-0.05, 0) is 18.9 Å². The van der Waals surface area contributed by atoms with Gasteiger partial charge in [0.2, 0.25) is 5.88 Å². The van der Waals surface area contributed by atoms with Crippen LogP contribution in [0.15, 0.2) is 12.3 Å². The van der Waals surface area contributed by atoms with Gasteiger partial charge < -0.3 is 14.7 Å². The third kappa shape index (κ3) is 5.23. The monoisotopic (exact) mass is 314 g/mol. The van der Waals surface area contributed by atoms with E-state index in [-0.39, 0.29) is 28.9 Å². The van der Waals surface area contributed by atoms with Gasteiger partial charge in [0, 0.05) is 12.7 Å². The number of aromatic nitrogens is 1. The van der Waals surface area contributed by atoms with Gasteiger partial charge in [-0.25, -0.2) is 4.98 Å². The molecule has 1 N–H and O–H groups in total. The molecule has 1 aromatic heterocycles. The van der Waals surface area contributed by atoms with Crippen LogP contribution in [-0.4, -0.2) is 46.6 Å². The van der Waals surface area contributed by atoms with Gasteiger partial charge in [0.15, 0.2) is 0 Å². The maximum absolute atomic E-state index is 12.4. The minimum Gasteiger partial charge on any atom is -0.480 e. The summed E-state index contributed by atoms with van der Waals surface area (Å²) < 4.78 is 5.20. The number of rotatable bonds is 7. The fourth-order valence-electron chi connectivity index (χ4n) is 1.79. The predicted octanol–water partition coefficient (Wildman–Crippen LogP) is 2.32. The number of carboxylic acid groups (broad SMARTS) is 1. The van der Waals surface area contributed by atoms with Crippen LogP contribution in [0.2, 0.25) is 5.02 Å². The number of amides is 1. The second-order valence-corrected chi connectivity index (χ2v) is 5.32. The molecule has 116 valence electrons. The molecule has 0 aliphatic rings. The van der Waals surface area contributed by atoms with E-state index >= 15 is 0 Å². The average molecular weight is 315 g/mol. The number of carbonyl (C=O) groups is 2. The molecule has 0 bridgehead atoms. The Morgan fingerprint density at radius 1 is 1.48 bits per heavy atom. The topological polar surface area (TPSA) is 79.7 Å². The van der Waals surface area contributed by atoms with E-state index in [9.17, 15) is 9.59 Å². The van der Waals surface area contributed by atoms with Crippen LogP contribution in [0.3, 0.4) is 0 Å². The molecular formula is C14H19ClN2O4. The molecule has 0 fully saturated rings. The first-order chi connectivity index (χ1) is 9.85. The summed E-state index contributed by atoms with van der Waals surface area (Å²) in [5.41, 5.74) is 0.241. The normalized spacial score (nSPS) is 10.5. The summed E-state index contributed by atoms with van der Waals surface area (Å²) in [7, 11) is 0. The number of hydrogen-bond acceptors (Lipinski definition) is 4. The highest BCUT2D eigenvalue weighted by Crippen LogP contribution is 2.23. The van der Waals surface area contributed by atoms with Gasteiger partial charge in [-0.15, -0.1) is 0 Å². The summed E-state index contributed by atoms with van der Waals surface area (Å²) in [6.45, 7) is 6.02. The number of carboxylic acids is 1. The number of pyridine rings is 1. The van der Waals surface area contributed by atoms with Gasteiger partial charge in [0.05, 0.1) is 12.2 Å². The molecule has 0 atom stereocenters. The Kier molecular flexibility index (Phi) is 6.42. The van der Waals surface area contributed by atoms with Crippen LogP contribution >= 0.6 is 11.6 Å². The van der Waals surface area contributed by atoms with Gasteiger partial charge in [-0.3, -0.25) is 9.59 Å². The molecule has 1 aromatic rings. The Balaban J connectivity index is 2.97. The Bertz CT molecular complexity index is 520. The molecule has 0 aliphatic carbocycles. The van der Waals surface area contributed by atoms with Crippen LogP contribution in [0.25, 0.3) is 0 Å². The van der Waals surface area contributed by atoms with E-state index in [2.05, 4.69) is 4.98 Å². The van der Waals surface area contributed by atoms with Gasteiger partial charge in [0.1, 0.15) is 11.6 Å². The molecule has 0 aliphatic heterocycles. The summed E-state index contributed by atoms with van der Waals surface area (Å²) >= 11 is 5.99. The minimum absolute atomic E-state index is 0.152. The number of ether oxygens (including phenoxy) is 1. The van der Waals surface area contributed by atoms with Gasteiger partial charge >= 0.3 is 5.97 Å². The van der Waals surface area contributed by atoms with Crippen LogP contribution in [0.1, 0.15) is 31.1 Å². The molecule has 1 heterocycles. The van der Waals surface area contributed by atoms with Crippen LogP contribution < -0.4 is 4.74 Å². The first-order valence-corrected chi connectivity index (χ1v) is 7.02. The summed E-state index contributed by atoms with van der Waals surface area (Å²) in [5.74, 6) is -1.07. The number of hydrogen-bond donors (Lipinski definition) is 1. The van der Waals surface area contributed by atoms with Crippen molar-refractivity contribution < 1.29 is 19.4 Å². The highest BCUT2D eigenvalue weighted by molar-refractivity contribution is 6.32. The van der Waals surface area contributed by atoms with Crippen molar-refractivity contribution in [3.05, 3.63) is 22.8 Å². The van der Waals surface area contributed by atoms with Crippen molar-refractivity contribution in [1.82, 2.24) is 9.88 Å². The van der Waals surface area contributed by atoms with Crippen molar-refractivity contribution in [2.45, 2.75) is 20.8 Å². The number of nitrogens with zero attached hydrogens (tertiary/aromatic N) is 2. The molecule has 0 saturated heterocycles. The number of aliphatic carboxylic acids is 1. The second-order valence-electron chi connectivity index (χ2n) is 4.92. The van der Waals surface area contributed by atoms with E-state index in [4.69, 9.17) is 21.4 Å². The molecular weight excluding hydrogens is 296 g/mol. The van der Waals surface area contributed by atoms with E-state index in [1.54, 1.807) is 6.92 Å². The minimum atomic E-state index is -1.06. The molecule has 6 nitrogen and oxygen atoms in total. The molecule has 0 saturated carbocycles. The summed E-state index contributed by atoms with van der Waals surface area (Å²) in [4.78, 5) is 28.5. The van der Waals surface area contributed by atoms with Gasteiger partial charge in [-0.1, -0.05) is 25.4 Å². The highest BCUT2D eigenvalue weighted by atomic mass is 35.5. The zero-order valence-electron chi connectivity index (χ0n) is 12.3. The molecule has 1 rings (SSSR count). The Labute approximate surface area is 128 Å². The first-order valence-electron chi connectivity index (χ1n) is 6.64. The Morgan fingerprint density at radius 3 is 2.62 bits per heavy atom. The van der Waals surface area contributed by atoms with Gasteiger partial charge in [-0.2, -0.15) is 0 Å². The SMILES string of the molecule is CCOc1ncc(C(=O)N(CC(=O)O)CC(C)C)cc1Cl. The zero-order valence-corrected chi connectivity index (χ0v) is 13.1. The maximum Gasteiger partial charge on any atom is 0.323 e. The fraction of sp³-hybridized carbons (Fsp3) is 0.500. The van der Waals surface area contributed by atoms with Crippen LogP contribution in [0.4, 0.5) is 0 Å². The third-order valence-corrected chi connectivity index (χ3v) is 2.81. The van der Waals surface area contributed by atoms with Crippen molar-refractivity contribution in [2.75, 3.05) is 19.7 Å². The van der Waals surface area contributed by atoms with Crippen molar-refractivity contribution in [3.8, 4) is 5.88 Å². The Morgan fingerprint density at radius 2 is 2.14 bits per heavy atom. The maximum atomic E-state index is 12.4. The molecule has 7 heteroatoms. The van der Waals surface area contributed by atoms with Crippen LogP contribution in [0.5, 0.6) is 5.88 Å². The average Bonchev–Trinajstić information content (AvgIpc) is 2.38. The highest BCUT2D eigenvalue weighted by Gasteiger charge is 2.21. The molecule has 0 aromatic carbocycles. The molecule has 1 amide bonds. The van der Waals surface area contributed by atoms with Crippen LogP contribution in [0, 0.1) is 5.92 Å². The molecule has 0 radical (unpaired) electrons. The second kappa shape index (κ2) is 7.83. The number of halogens is 1. The molecule has 0 unspecified atom stereocenters. The lowest BCUT2D eigenvalue weighted by Crippen LogP contribution is -2.38. The van der Waals surface area contributed by atoms with Crippen molar-refractivity contribution in [2.24, 2.45) is 5.92 Å². The van der Waals surface area contributed by atoms with E-state index in [0.717, 1.165) is 0 Å². The van der Waals surface area contributed by atoms with E-state index in [0.29, 0.717) is 13.2 Å². The lowest BCUT2D eigenvalue weighted by Gasteiger charge is -2.22. The first kappa shape index (κ1) is 17.2. The summed E-state index contributed by atoms with van der Waals surface area (Å²) in [5, 5.41) is 9.13. The Hall–Kier alpha value is -1.82. The summed E-state index contributed by atoms with van der Waals surface area (Å²) in [6, 6.07) is 1.44. The number of carbonyl (C=O) groups excluding carboxylic acids is 1. The van der Waals surface area contributed by atoms with E-state index in [1.165, 1.54) is 17.2 Å². The third-order valence-electron chi connectivity index (χ3n) is 2.53. The molecule has 21 heavy (non-hydrogen) atoms. The quantitative estimate of drug-likeness (QED) is 0.835. The summed E-state index contributed by atoms with van der Waals surface area (Å²) in [6.07, 6.45) is 1.34. The lowest BCUT2D eigenvalue weighted by molar-refractivity contribution is -0.137. The molecule has 0 spiro atoms. The smallest absolute Gasteiger partial charge is 0.323 e.